The van der Waals surface area contributed by atoms with Gasteiger partial charge in [-0.15, -0.1) is 0 Å². The first-order valence-electron chi connectivity index (χ1n) is 13.8. The first-order valence-corrected chi connectivity index (χ1v) is 15.6. The molecule has 0 radical (unpaired) electrons. The van der Waals surface area contributed by atoms with E-state index in [1.807, 2.05) is 21.1 Å². The molecule has 198 valence electrons. The fourth-order valence-electron chi connectivity index (χ4n) is 4.17. The third-order valence-electron chi connectivity index (χ3n) is 6.36. The molecule has 2 unspecified atom stereocenters. The smallest absolute Gasteiger partial charge is 0.330 e. The molecule has 0 saturated heterocycles. The molecule has 0 heterocycles. The van der Waals surface area contributed by atoms with E-state index in [1.54, 1.807) is 6.92 Å². The van der Waals surface area contributed by atoms with Crippen LogP contribution in [0, 0.1) is 5.92 Å². The van der Waals surface area contributed by atoms with Gasteiger partial charge in [0.05, 0.1) is 40.5 Å². The van der Waals surface area contributed by atoms with Crippen LogP contribution < -0.4 is 0 Å². The fraction of sp³-hybridized carbons (Fsp3) is 0.963. The van der Waals surface area contributed by atoms with Crippen LogP contribution in [0.25, 0.3) is 0 Å². The van der Waals surface area contributed by atoms with Gasteiger partial charge in [-0.1, -0.05) is 103 Å². The van der Waals surface area contributed by atoms with Crippen molar-refractivity contribution in [1.82, 2.24) is 0 Å². The van der Waals surface area contributed by atoms with Gasteiger partial charge in [0, 0.05) is 6.42 Å². The van der Waals surface area contributed by atoms with Crippen LogP contribution in [-0.2, 0) is 13.9 Å². The highest BCUT2D eigenvalue weighted by molar-refractivity contribution is 7.52. The Morgan fingerprint density at radius 1 is 0.818 bits per heavy atom. The molecule has 0 aliphatic heterocycles. The number of unbranched alkanes of at least 4 members (excludes halogenated alkanes) is 14. The second kappa shape index (κ2) is 20.0. The number of rotatable bonds is 24. The van der Waals surface area contributed by atoms with Crippen LogP contribution in [-0.4, -0.2) is 55.6 Å². The monoisotopic (exact) mass is 490 g/mol. The van der Waals surface area contributed by atoms with Crippen LogP contribution in [0.1, 0.15) is 123 Å². The van der Waals surface area contributed by atoms with E-state index in [-0.39, 0.29) is 24.5 Å². The highest BCUT2D eigenvalue weighted by Crippen LogP contribution is 2.42. The largest absolute Gasteiger partial charge is 0.333 e. The molecule has 0 fully saturated rings. The Hall–Kier alpha value is -0.220. The zero-order chi connectivity index (χ0) is 25.0. The third-order valence-corrected chi connectivity index (χ3v) is 7.68. The summed E-state index contributed by atoms with van der Waals surface area (Å²) < 4.78 is 18.3. The maximum atomic E-state index is 12.3. The molecule has 0 aliphatic carbocycles. The van der Waals surface area contributed by atoms with Crippen LogP contribution in [0.5, 0.6) is 0 Å². The number of Topliss-reactive ketones (excluding diaryl/α,β-unsaturated/α-hetero) is 1. The quantitative estimate of drug-likeness (QED) is 0.0853. The molecule has 0 spiro atoms. The van der Waals surface area contributed by atoms with Crippen molar-refractivity contribution in [3.63, 3.8) is 0 Å². The van der Waals surface area contributed by atoms with Gasteiger partial charge >= 0.3 is 7.60 Å². The van der Waals surface area contributed by atoms with E-state index in [4.69, 9.17) is 4.52 Å². The van der Waals surface area contributed by atoms with Gasteiger partial charge in [0.2, 0.25) is 0 Å². The molecule has 0 aliphatic rings. The number of hydrogen-bond donors (Lipinski definition) is 1. The van der Waals surface area contributed by atoms with Crippen molar-refractivity contribution < 1.29 is 23.3 Å². The summed E-state index contributed by atoms with van der Waals surface area (Å²) in [5, 5.41) is 0. The summed E-state index contributed by atoms with van der Waals surface area (Å²) >= 11 is 0. The van der Waals surface area contributed by atoms with E-state index < -0.39 is 7.60 Å². The van der Waals surface area contributed by atoms with Crippen LogP contribution >= 0.6 is 7.60 Å². The molecule has 0 rings (SSSR count). The minimum atomic E-state index is -3.59. The van der Waals surface area contributed by atoms with Crippen LogP contribution in [0.15, 0.2) is 0 Å². The Morgan fingerprint density at radius 3 is 1.64 bits per heavy atom. The number of hydrogen-bond acceptors (Lipinski definition) is 3. The van der Waals surface area contributed by atoms with Gasteiger partial charge in [0.15, 0.2) is 0 Å². The maximum Gasteiger partial charge on any atom is 0.333 e. The third kappa shape index (κ3) is 24.7. The molecule has 0 aromatic carbocycles. The van der Waals surface area contributed by atoms with Crippen LogP contribution in [0.2, 0.25) is 0 Å². The number of ketones is 1. The molecular formula is C27H57NO4P+. The zero-order valence-corrected chi connectivity index (χ0v) is 23.7. The topological polar surface area (TPSA) is 63.6 Å². The average molecular weight is 491 g/mol. The van der Waals surface area contributed by atoms with Gasteiger partial charge in [-0.25, -0.2) is 0 Å². The van der Waals surface area contributed by atoms with Crippen LogP contribution in [0.4, 0.5) is 0 Å². The average Bonchev–Trinajstić information content (AvgIpc) is 2.72. The van der Waals surface area contributed by atoms with E-state index in [0.29, 0.717) is 17.4 Å². The van der Waals surface area contributed by atoms with Crippen molar-refractivity contribution in [3.8, 4) is 0 Å². The molecule has 1 N–H and O–H groups in total. The Kier molecular flexibility index (Phi) is 19.9. The Bertz CT molecular complexity index is 519. The number of carbonyl (C=O) groups excluding carboxylic acids is 1. The lowest BCUT2D eigenvalue weighted by molar-refractivity contribution is -0.867. The lowest BCUT2D eigenvalue weighted by Gasteiger charge is -2.25. The van der Waals surface area contributed by atoms with Gasteiger partial charge in [0.1, 0.15) is 5.78 Å². The molecule has 0 aromatic rings. The zero-order valence-electron chi connectivity index (χ0n) is 22.8. The SMILES string of the molecule is CCCCCCCCCCCCCCCCCC(COP(=O)(O)CC[N+](C)(C)C)CC(C)=O. The Morgan fingerprint density at radius 2 is 1.24 bits per heavy atom. The number of carbonyl (C=O) groups is 1. The molecule has 2 atom stereocenters. The number of quaternary nitrogens is 1. The molecule has 0 bridgehead atoms. The first-order chi connectivity index (χ1) is 15.6. The van der Waals surface area contributed by atoms with E-state index in [0.717, 1.165) is 12.8 Å². The summed E-state index contributed by atoms with van der Waals surface area (Å²) in [4.78, 5) is 21.7. The van der Waals surface area contributed by atoms with Crippen molar-refractivity contribution >= 4 is 13.4 Å². The first kappa shape index (κ1) is 32.8. The van der Waals surface area contributed by atoms with E-state index in [1.165, 1.54) is 89.9 Å². The predicted octanol–water partition coefficient (Wildman–Crippen LogP) is 7.75. The number of nitrogens with zero attached hydrogens (tertiary/aromatic N) is 1. The highest BCUT2D eigenvalue weighted by atomic mass is 31.2. The summed E-state index contributed by atoms with van der Waals surface area (Å²) in [6.07, 6.45) is 21.5. The second-order valence-electron chi connectivity index (χ2n) is 11.2. The molecule has 5 nitrogen and oxygen atoms in total. The van der Waals surface area contributed by atoms with E-state index in [9.17, 15) is 14.3 Å². The maximum absolute atomic E-state index is 12.3. The van der Waals surface area contributed by atoms with Gasteiger partial charge in [-0.2, -0.15) is 0 Å². The molecular weight excluding hydrogens is 433 g/mol. The van der Waals surface area contributed by atoms with Gasteiger partial charge in [0.25, 0.3) is 0 Å². The molecule has 0 saturated carbocycles. The van der Waals surface area contributed by atoms with Crippen molar-refractivity contribution in [1.29, 1.82) is 0 Å². The minimum absolute atomic E-state index is 0.0501. The predicted molar refractivity (Wildman–Crippen MR) is 142 cm³/mol. The summed E-state index contributed by atoms with van der Waals surface area (Å²) in [6, 6.07) is 0. The van der Waals surface area contributed by atoms with Gasteiger partial charge in [-0.05, 0) is 19.3 Å². The van der Waals surface area contributed by atoms with Crippen LogP contribution in [0.3, 0.4) is 0 Å². The second-order valence-corrected chi connectivity index (χ2v) is 13.2. The van der Waals surface area contributed by atoms with Gasteiger partial charge < -0.3 is 18.7 Å². The molecule has 0 amide bonds. The molecule has 6 heteroatoms. The van der Waals surface area contributed by atoms with Gasteiger partial charge in [-0.3, -0.25) is 4.57 Å². The Labute approximate surface area is 206 Å². The Balaban J connectivity index is 3.79. The van der Waals surface area contributed by atoms with Crippen molar-refractivity contribution in [2.24, 2.45) is 5.92 Å². The normalized spacial score (nSPS) is 14.8. The van der Waals surface area contributed by atoms with Crippen molar-refractivity contribution in [2.75, 3.05) is 40.5 Å². The summed E-state index contributed by atoms with van der Waals surface area (Å²) in [5.74, 6) is 0.178. The summed E-state index contributed by atoms with van der Waals surface area (Å²) in [6.45, 7) is 4.66. The minimum Gasteiger partial charge on any atom is -0.330 e. The lowest BCUT2D eigenvalue weighted by atomic mass is 9.96. The molecule has 33 heavy (non-hydrogen) atoms. The lowest BCUT2D eigenvalue weighted by Crippen LogP contribution is -2.37. The van der Waals surface area contributed by atoms with E-state index in [2.05, 4.69) is 6.92 Å². The van der Waals surface area contributed by atoms with E-state index >= 15 is 0 Å². The standard InChI is InChI=1S/C27H56NO4P/c1-6-7-8-9-10-11-12-13-14-15-16-17-18-19-20-21-27(24-26(2)29)25-32-33(30,31)23-22-28(3,4)5/h27H,6-25H2,1-5H3/p+1. The summed E-state index contributed by atoms with van der Waals surface area (Å²) in [7, 11) is 2.40. The summed E-state index contributed by atoms with van der Waals surface area (Å²) in [5.41, 5.74) is 0. The van der Waals surface area contributed by atoms with Crippen molar-refractivity contribution in [3.05, 3.63) is 0 Å². The highest BCUT2D eigenvalue weighted by Gasteiger charge is 2.25. The fourth-order valence-corrected chi connectivity index (χ4v) is 5.59. The molecule has 0 aromatic heterocycles. The van der Waals surface area contributed by atoms with Crippen molar-refractivity contribution in [2.45, 2.75) is 123 Å².